The Balaban J connectivity index is 2.62. The van der Waals surface area contributed by atoms with Crippen molar-refractivity contribution in [2.45, 2.75) is 39.5 Å². The van der Waals surface area contributed by atoms with Crippen LogP contribution in [0.2, 0.25) is 0 Å². The fourth-order valence-corrected chi connectivity index (χ4v) is 1.96. The summed E-state index contributed by atoms with van der Waals surface area (Å²) in [5, 5.41) is 0. The number of ketones is 1. The Morgan fingerprint density at radius 1 is 1.29 bits per heavy atom. The summed E-state index contributed by atoms with van der Waals surface area (Å²) < 4.78 is 0. The molecule has 0 radical (unpaired) electrons. The van der Waals surface area contributed by atoms with Crippen LogP contribution in [-0.4, -0.2) is 12.3 Å². The van der Waals surface area contributed by atoms with E-state index in [9.17, 15) is 4.79 Å². The lowest BCUT2D eigenvalue weighted by atomic mass is 9.94. The van der Waals surface area contributed by atoms with Crippen LogP contribution in [0.5, 0.6) is 0 Å². The second-order valence-electron chi connectivity index (χ2n) is 4.64. The first-order chi connectivity index (χ1) is 8.19. The van der Waals surface area contributed by atoms with Crippen molar-refractivity contribution in [3.8, 4) is 0 Å². The van der Waals surface area contributed by atoms with E-state index in [2.05, 4.69) is 19.1 Å². The lowest BCUT2D eigenvalue weighted by Crippen LogP contribution is -2.13. The molecular weight excluding hydrogens is 210 g/mol. The van der Waals surface area contributed by atoms with Gasteiger partial charge in [-0.3, -0.25) is 4.79 Å². The Hall–Kier alpha value is -1.15. The molecule has 0 aliphatic heterocycles. The molecule has 0 aromatic heterocycles. The quantitative estimate of drug-likeness (QED) is 0.735. The van der Waals surface area contributed by atoms with E-state index in [4.69, 9.17) is 5.73 Å². The maximum Gasteiger partial charge on any atom is 0.165 e. The van der Waals surface area contributed by atoms with Gasteiger partial charge in [0, 0.05) is 11.5 Å². The highest BCUT2D eigenvalue weighted by Gasteiger charge is 2.14. The van der Waals surface area contributed by atoms with E-state index in [1.807, 2.05) is 19.1 Å². The van der Waals surface area contributed by atoms with Crippen LogP contribution in [0.1, 0.15) is 49.0 Å². The van der Waals surface area contributed by atoms with Gasteiger partial charge >= 0.3 is 0 Å². The lowest BCUT2D eigenvalue weighted by Gasteiger charge is -2.10. The maximum atomic E-state index is 12.1. The molecule has 1 atom stereocenters. The number of benzene rings is 1. The van der Waals surface area contributed by atoms with Crippen LogP contribution in [0.4, 0.5) is 0 Å². The molecule has 2 nitrogen and oxygen atoms in total. The largest absolute Gasteiger partial charge is 0.330 e. The van der Waals surface area contributed by atoms with E-state index in [-0.39, 0.29) is 11.7 Å². The Kier molecular flexibility index (Phi) is 5.92. The molecule has 0 amide bonds. The Morgan fingerprint density at radius 2 is 1.94 bits per heavy atom. The summed E-state index contributed by atoms with van der Waals surface area (Å²) in [7, 11) is 0. The molecule has 0 aliphatic rings. The van der Waals surface area contributed by atoms with E-state index in [0.717, 1.165) is 31.2 Å². The average Bonchev–Trinajstić information content (AvgIpc) is 2.36. The predicted octanol–water partition coefficient (Wildman–Crippen LogP) is 3.20. The number of carbonyl (C=O) groups is 1. The van der Waals surface area contributed by atoms with E-state index < -0.39 is 0 Å². The number of nitrogens with two attached hydrogens (primary N) is 1. The molecule has 0 fully saturated rings. The third-order valence-corrected chi connectivity index (χ3v) is 3.07. The van der Waals surface area contributed by atoms with Crippen LogP contribution in [0.3, 0.4) is 0 Å². The van der Waals surface area contributed by atoms with Gasteiger partial charge in [-0.25, -0.2) is 0 Å². The molecule has 1 unspecified atom stereocenters. The minimum absolute atomic E-state index is 0.0792. The Bertz CT molecular complexity index is 342. The minimum atomic E-state index is 0.0792. The number of hydrogen-bond donors (Lipinski definition) is 1. The van der Waals surface area contributed by atoms with Crippen molar-refractivity contribution < 1.29 is 4.79 Å². The van der Waals surface area contributed by atoms with Gasteiger partial charge in [0.05, 0.1) is 0 Å². The van der Waals surface area contributed by atoms with Gasteiger partial charge in [0.25, 0.3) is 0 Å². The zero-order valence-electron chi connectivity index (χ0n) is 10.9. The molecule has 0 spiro atoms. The summed E-state index contributed by atoms with van der Waals surface area (Å²) in [5.74, 6) is 0.317. The van der Waals surface area contributed by atoms with Crippen LogP contribution < -0.4 is 5.73 Å². The standard InChI is InChI=1S/C15H23NO/c1-3-5-13-7-9-14(10-8-13)15(17)12(2)6-4-11-16/h7-10,12H,3-6,11,16H2,1-2H3. The maximum absolute atomic E-state index is 12.1. The third kappa shape index (κ3) is 4.31. The van der Waals surface area contributed by atoms with Crippen molar-refractivity contribution in [1.29, 1.82) is 0 Å². The van der Waals surface area contributed by atoms with Crippen LogP contribution >= 0.6 is 0 Å². The number of rotatable bonds is 7. The number of aryl methyl sites for hydroxylation is 1. The molecule has 0 saturated carbocycles. The second-order valence-corrected chi connectivity index (χ2v) is 4.64. The molecule has 1 aromatic rings. The van der Waals surface area contributed by atoms with Crippen molar-refractivity contribution in [3.63, 3.8) is 0 Å². The fourth-order valence-electron chi connectivity index (χ4n) is 1.96. The van der Waals surface area contributed by atoms with E-state index in [1.54, 1.807) is 0 Å². The van der Waals surface area contributed by atoms with Crippen molar-refractivity contribution >= 4 is 5.78 Å². The predicted molar refractivity (Wildman–Crippen MR) is 72.2 cm³/mol. The topological polar surface area (TPSA) is 43.1 Å². The highest BCUT2D eigenvalue weighted by molar-refractivity contribution is 5.97. The van der Waals surface area contributed by atoms with E-state index >= 15 is 0 Å². The van der Waals surface area contributed by atoms with Crippen molar-refractivity contribution in [2.75, 3.05) is 6.54 Å². The van der Waals surface area contributed by atoms with Gasteiger partial charge in [-0.05, 0) is 31.4 Å². The molecular formula is C15H23NO. The molecule has 0 heterocycles. The van der Waals surface area contributed by atoms with Gasteiger partial charge in [0.1, 0.15) is 0 Å². The van der Waals surface area contributed by atoms with Crippen molar-refractivity contribution in [2.24, 2.45) is 11.7 Å². The Labute approximate surface area is 104 Å². The fraction of sp³-hybridized carbons (Fsp3) is 0.533. The van der Waals surface area contributed by atoms with Crippen LogP contribution in [0.15, 0.2) is 24.3 Å². The number of hydrogen-bond acceptors (Lipinski definition) is 2. The SMILES string of the molecule is CCCc1ccc(C(=O)C(C)CCCN)cc1. The Morgan fingerprint density at radius 3 is 2.47 bits per heavy atom. The molecule has 0 aliphatic carbocycles. The second kappa shape index (κ2) is 7.23. The molecule has 0 bridgehead atoms. The van der Waals surface area contributed by atoms with Gasteiger partial charge in [0.2, 0.25) is 0 Å². The zero-order chi connectivity index (χ0) is 12.7. The summed E-state index contributed by atoms with van der Waals surface area (Å²) in [6, 6.07) is 8.03. The first-order valence-corrected chi connectivity index (χ1v) is 6.52. The van der Waals surface area contributed by atoms with Gasteiger partial charge in [-0.1, -0.05) is 44.5 Å². The monoisotopic (exact) mass is 233 g/mol. The third-order valence-electron chi connectivity index (χ3n) is 3.07. The smallest absolute Gasteiger partial charge is 0.165 e. The number of Topliss-reactive ketones (excluding diaryl/α,β-unsaturated/α-hetero) is 1. The normalized spacial score (nSPS) is 12.4. The van der Waals surface area contributed by atoms with E-state index in [0.29, 0.717) is 6.54 Å². The summed E-state index contributed by atoms with van der Waals surface area (Å²) in [5.41, 5.74) is 7.59. The van der Waals surface area contributed by atoms with Crippen LogP contribution in [0.25, 0.3) is 0 Å². The van der Waals surface area contributed by atoms with Crippen molar-refractivity contribution in [3.05, 3.63) is 35.4 Å². The lowest BCUT2D eigenvalue weighted by molar-refractivity contribution is 0.0923. The first-order valence-electron chi connectivity index (χ1n) is 6.52. The van der Waals surface area contributed by atoms with Crippen molar-refractivity contribution in [1.82, 2.24) is 0 Å². The van der Waals surface area contributed by atoms with E-state index in [1.165, 1.54) is 5.56 Å². The molecule has 17 heavy (non-hydrogen) atoms. The molecule has 2 heteroatoms. The average molecular weight is 233 g/mol. The highest BCUT2D eigenvalue weighted by Crippen LogP contribution is 2.15. The van der Waals surface area contributed by atoms with Gasteiger partial charge in [0.15, 0.2) is 5.78 Å². The molecule has 0 saturated heterocycles. The van der Waals surface area contributed by atoms with Crippen LogP contribution in [-0.2, 0) is 6.42 Å². The number of carbonyl (C=O) groups excluding carboxylic acids is 1. The van der Waals surface area contributed by atoms with Gasteiger partial charge in [-0.2, -0.15) is 0 Å². The minimum Gasteiger partial charge on any atom is -0.330 e. The molecule has 1 rings (SSSR count). The molecule has 94 valence electrons. The van der Waals surface area contributed by atoms with Crippen LogP contribution in [0, 0.1) is 5.92 Å². The molecule has 2 N–H and O–H groups in total. The summed E-state index contributed by atoms with van der Waals surface area (Å²) >= 11 is 0. The first kappa shape index (κ1) is 13.9. The summed E-state index contributed by atoms with van der Waals surface area (Å²) in [4.78, 5) is 12.1. The highest BCUT2D eigenvalue weighted by atomic mass is 16.1. The molecule has 1 aromatic carbocycles. The summed E-state index contributed by atoms with van der Waals surface area (Å²) in [6.45, 7) is 4.80. The van der Waals surface area contributed by atoms with Gasteiger partial charge < -0.3 is 5.73 Å². The van der Waals surface area contributed by atoms with Gasteiger partial charge in [-0.15, -0.1) is 0 Å². The summed E-state index contributed by atoms with van der Waals surface area (Å²) in [6.07, 6.45) is 4.02. The zero-order valence-corrected chi connectivity index (χ0v) is 10.9.